The maximum absolute atomic E-state index is 11.9. The molecule has 0 atom stereocenters. The number of benzene rings is 2. The first-order chi connectivity index (χ1) is 13.1. The van der Waals surface area contributed by atoms with Crippen LogP contribution in [0.1, 0.15) is 10.5 Å². The molecule has 1 aromatic heterocycles. The number of hydrogen-bond donors (Lipinski definition) is 1. The zero-order valence-corrected chi connectivity index (χ0v) is 14.7. The molecule has 3 rings (SSSR count). The van der Waals surface area contributed by atoms with Crippen molar-refractivity contribution < 1.29 is 14.3 Å². The lowest BCUT2D eigenvalue weighted by molar-refractivity contribution is -0.119. The van der Waals surface area contributed by atoms with Crippen LogP contribution in [0.4, 0.5) is 17.1 Å². The number of aryl methyl sites for hydroxylation is 1. The van der Waals surface area contributed by atoms with E-state index < -0.39 is 11.9 Å². The Morgan fingerprint density at radius 3 is 2.22 bits per heavy atom. The van der Waals surface area contributed by atoms with Crippen molar-refractivity contribution in [3.8, 4) is 0 Å². The lowest BCUT2D eigenvalue weighted by Crippen LogP contribution is -2.21. The lowest BCUT2D eigenvalue weighted by Gasteiger charge is -2.07. The molecule has 0 spiro atoms. The van der Waals surface area contributed by atoms with E-state index >= 15 is 0 Å². The molecule has 0 unspecified atom stereocenters. The number of anilines is 1. The van der Waals surface area contributed by atoms with Crippen molar-refractivity contribution in [3.63, 3.8) is 0 Å². The molecule has 7 nitrogen and oxygen atoms in total. The van der Waals surface area contributed by atoms with Crippen LogP contribution in [0.15, 0.2) is 83.2 Å². The number of amides is 1. The maximum atomic E-state index is 11.9. The minimum atomic E-state index is -0.547. The van der Waals surface area contributed by atoms with Crippen molar-refractivity contribution in [2.24, 2.45) is 17.3 Å². The van der Waals surface area contributed by atoms with Crippen molar-refractivity contribution >= 4 is 28.9 Å². The van der Waals surface area contributed by atoms with Gasteiger partial charge in [-0.1, -0.05) is 18.2 Å². The number of carbonyl (C=O) groups excluding carboxylic acids is 2. The summed E-state index contributed by atoms with van der Waals surface area (Å²) in [5.74, 6) is -0.967. The first-order valence-electron chi connectivity index (χ1n) is 8.27. The highest BCUT2D eigenvalue weighted by molar-refractivity contribution is 5.95. The highest BCUT2D eigenvalue weighted by Gasteiger charge is 2.12. The van der Waals surface area contributed by atoms with Crippen LogP contribution < -0.4 is 5.32 Å². The summed E-state index contributed by atoms with van der Waals surface area (Å²) in [6.45, 7) is -0.362. The molecule has 1 amide bonds. The lowest BCUT2D eigenvalue weighted by atomic mass is 10.3. The normalized spacial score (nSPS) is 10.7. The van der Waals surface area contributed by atoms with Gasteiger partial charge in [0, 0.05) is 18.9 Å². The minimum Gasteiger partial charge on any atom is -0.451 e. The van der Waals surface area contributed by atoms with Gasteiger partial charge in [-0.25, -0.2) is 4.79 Å². The third kappa shape index (κ3) is 5.12. The predicted octanol–water partition coefficient (Wildman–Crippen LogP) is 4.24. The second-order valence-corrected chi connectivity index (χ2v) is 5.71. The largest absolute Gasteiger partial charge is 0.451 e. The Labute approximate surface area is 156 Å². The molecule has 0 aliphatic carbocycles. The molecule has 27 heavy (non-hydrogen) atoms. The van der Waals surface area contributed by atoms with Crippen molar-refractivity contribution in [1.82, 2.24) is 4.57 Å². The fourth-order valence-corrected chi connectivity index (χ4v) is 2.30. The average molecular weight is 362 g/mol. The molecule has 0 aliphatic heterocycles. The Morgan fingerprint density at radius 1 is 0.926 bits per heavy atom. The van der Waals surface area contributed by atoms with Gasteiger partial charge in [-0.3, -0.25) is 4.79 Å². The number of azo groups is 1. The molecule has 7 heteroatoms. The molecular weight excluding hydrogens is 344 g/mol. The zero-order valence-electron chi connectivity index (χ0n) is 14.7. The first kappa shape index (κ1) is 18.1. The second-order valence-electron chi connectivity index (χ2n) is 5.71. The Morgan fingerprint density at radius 2 is 1.59 bits per heavy atom. The van der Waals surface area contributed by atoms with Gasteiger partial charge < -0.3 is 14.6 Å². The molecule has 1 heterocycles. The van der Waals surface area contributed by atoms with Gasteiger partial charge in [0.05, 0.1) is 11.4 Å². The van der Waals surface area contributed by atoms with Crippen molar-refractivity contribution in [1.29, 1.82) is 0 Å². The van der Waals surface area contributed by atoms with Crippen LogP contribution in [-0.4, -0.2) is 23.1 Å². The number of aromatic nitrogens is 1. The third-order valence-electron chi connectivity index (χ3n) is 3.68. The summed E-state index contributed by atoms with van der Waals surface area (Å²) >= 11 is 0. The molecule has 3 aromatic rings. The molecule has 0 saturated heterocycles. The molecule has 1 N–H and O–H groups in total. The van der Waals surface area contributed by atoms with E-state index in [2.05, 4.69) is 15.5 Å². The van der Waals surface area contributed by atoms with Crippen LogP contribution in [0.25, 0.3) is 0 Å². The maximum Gasteiger partial charge on any atom is 0.355 e. The SMILES string of the molecule is Cn1cccc1C(=O)OCC(=O)Nc1ccc(N=Nc2ccccc2)cc1. The molecule has 2 aromatic carbocycles. The fourth-order valence-electron chi connectivity index (χ4n) is 2.30. The zero-order chi connectivity index (χ0) is 19.1. The number of hydrogen-bond acceptors (Lipinski definition) is 5. The van der Waals surface area contributed by atoms with Crippen LogP contribution in [-0.2, 0) is 16.6 Å². The summed E-state index contributed by atoms with van der Waals surface area (Å²) in [4.78, 5) is 23.8. The smallest absolute Gasteiger partial charge is 0.355 e. The molecular formula is C20H18N4O3. The Bertz CT molecular complexity index is 947. The number of carbonyl (C=O) groups is 2. The third-order valence-corrected chi connectivity index (χ3v) is 3.68. The first-order valence-corrected chi connectivity index (χ1v) is 8.27. The van der Waals surface area contributed by atoms with E-state index in [0.717, 1.165) is 5.69 Å². The highest BCUT2D eigenvalue weighted by Crippen LogP contribution is 2.20. The molecule has 0 fully saturated rings. The topological polar surface area (TPSA) is 85.0 Å². The van der Waals surface area contributed by atoms with E-state index in [4.69, 9.17) is 4.74 Å². The van der Waals surface area contributed by atoms with Crippen molar-refractivity contribution in [2.45, 2.75) is 0 Å². The summed E-state index contributed by atoms with van der Waals surface area (Å²) in [6, 6.07) is 19.6. The summed E-state index contributed by atoms with van der Waals surface area (Å²) in [6.07, 6.45) is 1.73. The van der Waals surface area contributed by atoms with Gasteiger partial charge in [-0.15, -0.1) is 0 Å². The number of rotatable bonds is 6. The van der Waals surface area contributed by atoms with Gasteiger partial charge in [0.15, 0.2) is 6.61 Å². The van der Waals surface area contributed by atoms with E-state index in [1.54, 1.807) is 54.2 Å². The molecule has 0 saturated carbocycles. The van der Waals surface area contributed by atoms with Gasteiger partial charge in [0.2, 0.25) is 0 Å². The van der Waals surface area contributed by atoms with E-state index in [0.29, 0.717) is 17.1 Å². The monoisotopic (exact) mass is 362 g/mol. The Balaban J connectivity index is 1.50. The highest BCUT2D eigenvalue weighted by atomic mass is 16.5. The Hall–Kier alpha value is -3.74. The van der Waals surface area contributed by atoms with Crippen LogP contribution in [0, 0.1) is 0 Å². The van der Waals surface area contributed by atoms with Gasteiger partial charge in [0.25, 0.3) is 5.91 Å². The number of nitrogens with zero attached hydrogens (tertiary/aromatic N) is 3. The fraction of sp³-hybridized carbons (Fsp3) is 0.100. The van der Waals surface area contributed by atoms with E-state index in [1.165, 1.54) is 0 Å². The average Bonchev–Trinajstić information content (AvgIpc) is 3.12. The van der Waals surface area contributed by atoms with E-state index in [1.807, 2.05) is 30.3 Å². The predicted molar refractivity (Wildman–Crippen MR) is 101 cm³/mol. The summed E-state index contributed by atoms with van der Waals surface area (Å²) in [5.41, 5.74) is 2.38. The van der Waals surface area contributed by atoms with E-state index in [9.17, 15) is 9.59 Å². The molecule has 0 aliphatic rings. The van der Waals surface area contributed by atoms with Crippen molar-refractivity contribution in [2.75, 3.05) is 11.9 Å². The Kier molecular flexibility index (Phi) is 5.73. The van der Waals surface area contributed by atoms with Crippen molar-refractivity contribution in [3.05, 3.63) is 78.6 Å². The molecule has 0 bridgehead atoms. The van der Waals surface area contributed by atoms with E-state index in [-0.39, 0.29) is 6.61 Å². The number of esters is 1. The number of nitrogens with one attached hydrogen (secondary N) is 1. The number of ether oxygens (including phenoxy) is 1. The molecule has 0 radical (unpaired) electrons. The van der Waals surface area contributed by atoms with Crippen LogP contribution >= 0.6 is 0 Å². The summed E-state index contributed by atoms with van der Waals surface area (Å²) in [7, 11) is 1.73. The second kappa shape index (κ2) is 8.57. The quantitative estimate of drug-likeness (QED) is 0.526. The summed E-state index contributed by atoms with van der Waals surface area (Å²) in [5, 5.41) is 10.9. The van der Waals surface area contributed by atoms with Gasteiger partial charge in [0.1, 0.15) is 5.69 Å². The van der Waals surface area contributed by atoms with Gasteiger partial charge in [-0.2, -0.15) is 10.2 Å². The minimum absolute atomic E-state index is 0.362. The van der Waals surface area contributed by atoms with Crippen LogP contribution in [0.5, 0.6) is 0 Å². The van der Waals surface area contributed by atoms with Crippen LogP contribution in [0.2, 0.25) is 0 Å². The van der Waals surface area contributed by atoms with Gasteiger partial charge >= 0.3 is 5.97 Å². The summed E-state index contributed by atoms with van der Waals surface area (Å²) < 4.78 is 6.64. The molecule has 136 valence electrons. The van der Waals surface area contributed by atoms with Crippen LogP contribution in [0.3, 0.4) is 0 Å². The standard InChI is InChI=1S/C20H18N4O3/c1-24-13-5-8-18(24)20(26)27-14-19(25)21-15-9-11-17(12-10-15)23-22-16-6-3-2-4-7-16/h2-13H,14H2,1H3,(H,21,25). The van der Waals surface area contributed by atoms with Gasteiger partial charge in [-0.05, 0) is 48.5 Å².